The van der Waals surface area contributed by atoms with Crippen molar-refractivity contribution in [3.63, 3.8) is 0 Å². The van der Waals surface area contributed by atoms with E-state index in [1.165, 1.54) is 11.1 Å². The van der Waals surface area contributed by atoms with Crippen LogP contribution in [0.25, 0.3) is 22.4 Å². The summed E-state index contributed by atoms with van der Waals surface area (Å²) in [5.74, 6) is 0.824. The maximum absolute atomic E-state index is 12.6. The second-order valence-electron chi connectivity index (χ2n) is 10.7. The molecule has 2 aromatic heterocycles. The molecule has 0 bridgehead atoms. The van der Waals surface area contributed by atoms with Crippen LogP contribution >= 0.6 is 0 Å². The number of rotatable bonds is 8. The number of hydrogen-bond donors (Lipinski definition) is 3. The lowest BCUT2D eigenvalue weighted by molar-refractivity contribution is 0.0530. The summed E-state index contributed by atoms with van der Waals surface area (Å²) in [4.78, 5) is 47.0. The fourth-order valence-electron chi connectivity index (χ4n) is 4.90. The van der Waals surface area contributed by atoms with E-state index in [4.69, 9.17) is 25.1 Å². The molecule has 4 aromatic rings. The molecule has 2 aromatic carbocycles. The third kappa shape index (κ3) is 6.87. The third-order valence-electron chi connectivity index (χ3n) is 7.15. The summed E-state index contributed by atoms with van der Waals surface area (Å²) in [6.45, 7) is 3.97. The molecule has 0 aliphatic carbocycles. The Labute approximate surface area is 255 Å². The number of fused-ring (bicyclic) bond motifs is 1. The van der Waals surface area contributed by atoms with Crippen molar-refractivity contribution < 1.29 is 14.3 Å². The topological polar surface area (TPSA) is 149 Å². The Bertz CT molecular complexity index is 1690. The Kier molecular flexibility index (Phi) is 9.20. The minimum Gasteiger partial charge on any atom is -0.375 e. The van der Waals surface area contributed by atoms with Gasteiger partial charge in [-0.3, -0.25) is 14.8 Å². The molecule has 3 N–H and O–H groups in total. The summed E-state index contributed by atoms with van der Waals surface area (Å²) in [6, 6.07) is 15.5. The molecule has 1 aliphatic rings. The average Bonchev–Trinajstić information content (AvgIpc) is 3.03. The number of ether oxygens (including phenoxy) is 1. The fraction of sp³-hybridized carbons (Fsp3) is 0.281. The summed E-state index contributed by atoms with van der Waals surface area (Å²) < 4.78 is 5.75. The number of urea groups is 1. The average molecular weight is 594 g/mol. The van der Waals surface area contributed by atoms with Crippen LogP contribution in [0.1, 0.15) is 28.8 Å². The Balaban J connectivity index is 1.39. The maximum atomic E-state index is 12.6. The number of benzene rings is 2. The highest BCUT2D eigenvalue weighted by atomic mass is 16.5. The summed E-state index contributed by atoms with van der Waals surface area (Å²) in [6.07, 6.45) is 4.82. The number of hydrogen-bond acceptors (Lipinski definition) is 9. The monoisotopic (exact) mass is 593 g/mol. The minimum atomic E-state index is -0.412. The molecule has 44 heavy (non-hydrogen) atoms. The van der Waals surface area contributed by atoms with E-state index in [2.05, 4.69) is 20.5 Å². The first-order chi connectivity index (χ1) is 21.2. The molecule has 3 amide bonds. The van der Waals surface area contributed by atoms with Gasteiger partial charge in [0.05, 0.1) is 24.1 Å². The van der Waals surface area contributed by atoms with E-state index in [9.17, 15) is 9.59 Å². The molecular formula is C32H35N9O3. The van der Waals surface area contributed by atoms with Gasteiger partial charge in [-0.1, -0.05) is 0 Å². The number of aliphatic imine (C=N–C) groups is 1. The van der Waals surface area contributed by atoms with Crippen LogP contribution in [0.3, 0.4) is 0 Å². The summed E-state index contributed by atoms with van der Waals surface area (Å²) in [7, 11) is 5.06. The standard InChI is InChI=1S/C32H35N9O3/c1-20-19-41(13-14-44-20)30-28-27(15-23(18-35-28)24(16-33)17-34-2)38-29(39-30)21-5-9-25(10-6-21)36-32(43)37-26-11-7-22(8-12-26)31(42)40(3)4/h5-12,15-18,20,24,33H,13-14,19H2,1-4H3,(H2,36,37,43). The molecule has 2 atom stereocenters. The van der Waals surface area contributed by atoms with E-state index in [1.807, 2.05) is 25.1 Å². The quantitative estimate of drug-likeness (QED) is 0.251. The number of aromatic nitrogens is 3. The van der Waals surface area contributed by atoms with Crippen molar-refractivity contribution in [2.24, 2.45) is 4.99 Å². The van der Waals surface area contributed by atoms with Crippen molar-refractivity contribution in [2.45, 2.75) is 18.9 Å². The molecule has 2 unspecified atom stereocenters. The van der Waals surface area contributed by atoms with Crippen LogP contribution < -0.4 is 15.5 Å². The first-order valence-corrected chi connectivity index (χ1v) is 14.2. The van der Waals surface area contributed by atoms with E-state index >= 15 is 0 Å². The lowest BCUT2D eigenvalue weighted by Gasteiger charge is -2.32. The van der Waals surface area contributed by atoms with Crippen molar-refractivity contribution >= 4 is 52.6 Å². The molecule has 1 saturated heterocycles. The second kappa shape index (κ2) is 13.4. The van der Waals surface area contributed by atoms with Crippen LogP contribution in [0.5, 0.6) is 0 Å². The van der Waals surface area contributed by atoms with Gasteiger partial charge < -0.3 is 30.6 Å². The highest BCUT2D eigenvalue weighted by molar-refractivity contribution is 6.00. The van der Waals surface area contributed by atoms with Crippen LogP contribution in [0, 0.1) is 5.41 Å². The first-order valence-electron chi connectivity index (χ1n) is 14.2. The third-order valence-corrected chi connectivity index (χ3v) is 7.15. The van der Waals surface area contributed by atoms with E-state index in [0.29, 0.717) is 53.5 Å². The molecule has 0 saturated carbocycles. The highest BCUT2D eigenvalue weighted by Gasteiger charge is 2.23. The van der Waals surface area contributed by atoms with Crippen LogP contribution in [0.2, 0.25) is 0 Å². The molecule has 1 fully saturated rings. The van der Waals surface area contributed by atoms with E-state index < -0.39 is 6.03 Å². The molecule has 12 heteroatoms. The molecule has 5 rings (SSSR count). The predicted molar refractivity (Wildman–Crippen MR) is 173 cm³/mol. The lowest BCUT2D eigenvalue weighted by atomic mass is 10.0. The van der Waals surface area contributed by atoms with Crippen molar-refractivity contribution in [1.82, 2.24) is 19.9 Å². The van der Waals surface area contributed by atoms with Crippen molar-refractivity contribution in [2.75, 3.05) is 56.4 Å². The molecule has 0 radical (unpaired) electrons. The fourth-order valence-corrected chi connectivity index (χ4v) is 4.90. The zero-order valence-corrected chi connectivity index (χ0v) is 25.1. The van der Waals surface area contributed by atoms with E-state index in [1.54, 1.807) is 70.0 Å². The zero-order valence-electron chi connectivity index (χ0n) is 25.1. The van der Waals surface area contributed by atoms with Gasteiger partial charge in [0.15, 0.2) is 11.6 Å². The normalized spacial score (nSPS) is 15.6. The molecule has 1 aliphatic heterocycles. The van der Waals surface area contributed by atoms with Gasteiger partial charge in [-0.2, -0.15) is 0 Å². The number of pyridine rings is 1. The van der Waals surface area contributed by atoms with Gasteiger partial charge in [0, 0.05) is 75.4 Å². The van der Waals surface area contributed by atoms with Gasteiger partial charge in [-0.15, -0.1) is 0 Å². The molecule has 0 spiro atoms. The van der Waals surface area contributed by atoms with Crippen molar-refractivity contribution in [3.8, 4) is 11.4 Å². The Morgan fingerprint density at radius 1 is 1.09 bits per heavy atom. The van der Waals surface area contributed by atoms with Crippen LogP contribution in [-0.4, -0.2) is 91.2 Å². The van der Waals surface area contributed by atoms with Gasteiger partial charge in [0.25, 0.3) is 5.91 Å². The van der Waals surface area contributed by atoms with Crippen LogP contribution in [-0.2, 0) is 4.74 Å². The summed E-state index contributed by atoms with van der Waals surface area (Å²) in [5.41, 5.74) is 4.61. The maximum Gasteiger partial charge on any atom is 0.323 e. The summed E-state index contributed by atoms with van der Waals surface area (Å²) in [5, 5.41) is 13.4. The van der Waals surface area contributed by atoms with Gasteiger partial charge in [-0.05, 0) is 67.1 Å². The van der Waals surface area contributed by atoms with Gasteiger partial charge in [-0.25, -0.2) is 14.8 Å². The lowest BCUT2D eigenvalue weighted by Crippen LogP contribution is -2.41. The van der Waals surface area contributed by atoms with E-state index in [-0.39, 0.29) is 17.9 Å². The molecule has 12 nitrogen and oxygen atoms in total. The number of anilines is 3. The first kappa shape index (κ1) is 30.2. The number of amides is 3. The van der Waals surface area contributed by atoms with Crippen molar-refractivity contribution in [1.29, 1.82) is 5.41 Å². The zero-order chi connectivity index (χ0) is 31.2. The molecule has 3 heterocycles. The second-order valence-corrected chi connectivity index (χ2v) is 10.7. The Morgan fingerprint density at radius 3 is 2.39 bits per heavy atom. The number of carbonyl (C=O) groups is 2. The van der Waals surface area contributed by atoms with Crippen molar-refractivity contribution in [3.05, 3.63) is 71.9 Å². The van der Waals surface area contributed by atoms with Gasteiger partial charge in [0.2, 0.25) is 0 Å². The van der Waals surface area contributed by atoms with E-state index in [0.717, 1.165) is 16.9 Å². The number of morpholine rings is 1. The largest absolute Gasteiger partial charge is 0.375 e. The van der Waals surface area contributed by atoms with Gasteiger partial charge >= 0.3 is 6.03 Å². The molecule has 226 valence electrons. The summed E-state index contributed by atoms with van der Waals surface area (Å²) >= 11 is 0. The number of nitrogens with zero attached hydrogens (tertiary/aromatic N) is 6. The van der Waals surface area contributed by atoms with Crippen LogP contribution in [0.4, 0.5) is 22.0 Å². The number of carbonyl (C=O) groups excluding carboxylic acids is 2. The SMILES string of the molecule is CN=CC(C=N)c1cnc2c(N3CCOC(C)C3)nc(-c3ccc(NC(=O)Nc4ccc(C(=O)N(C)C)cc4)cc3)nc2c1. The van der Waals surface area contributed by atoms with Crippen LogP contribution in [0.15, 0.2) is 65.8 Å². The van der Waals surface area contributed by atoms with Gasteiger partial charge in [0.1, 0.15) is 5.52 Å². The Hall–Kier alpha value is -5.23. The number of nitrogens with one attached hydrogen (secondary N) is 3. The Morgan fingerprint density at radius 2 is 1.77 bits per heavy atom. The minimum absolute atomic E-state index is 0.0505. The smallest absolute Gasteiger partial charge is 0.323 e. The highest BCUT2D eigenvalue weighted by Crippen LogP contribution is 2.29. The predicted octanol–water partition coefficient (Wildman–Crippen LogP) is 4.70. The molecular weight excluding hydrogens is 558 g/mol.